The number of likely N-dealkylation sites (tertiary alicyclic amines) is 1. The first-order valence-electron chi connectivity index (χ1n) is 5.94. The molecule has 1 aromatic heterocycles. The summed E-state index contributed by atoms with van der Waals surface area (Å²) in [7, 11) is 0. The fraction of sp³-hybridized carbons (Fsp3) is 0.667. The first-order chi connectivity index (χ1) is 7.68. The fourth-order valence-corrected chi connectivity index (χ4v) is 2.28. The lowest BCUT2D eigenvalue weighted by atomic mass is 10.00. The number of hydrogen-bond donors (Lipinski definition) is 0. The normalized spacial score (nSPS) is 23.1. The van der Waals surface area contributed by atoms with Crippen molar-refractivity contribution in [2.24, 2.45) is 5.92 Å². The molecule has 2 atom stereocenters. The summed E-state index contributed by atoms with van der Waals surface area (Å²) in [6, 6.07) is -0.132. The molecule has 2 rings (SSSR count). The van der Waals surface area contributed by atoms with Crippen LogP contribution in [0.2, 0.25) is 0 Å². The van der Waals surface area contributed by atoms with Crippen LogP contribution >= 0.6 is 0 Å². The van der Waals surface area contributed by atoms with E-state index in [-0.39, 0.29) is 11.9 Å². The monoisotopic (exact) mass is 221 g/mol. The Labute approximate surface area is 96.3 Å². The van der Waals surface area contributed by atoms with Crippen LogP contribution in [0.3, 0.4) is 0 Å². The first-order valence-corrected chi connectivity index (χ1v) is 5.94. The molecular formula is C12H19N3O. The highest BCUT2D eigenvalue weighted by Crippen LogP contribution is 2.19. The summed E-state index contributed by atoms with van der Waals surface area (Å²) < 4.78 is 1.86. The van der Waals surface area contributed by atoms with Crippen LogP contribution in [0.1, 0.15) is 32.7 Å². The topological polar surface area (TPSA) is 38.1 Å². The molecule has 0 saturated carbocycles. The van der Waals surface area contributed by atoms with Crippen LogP contribution in [0, 0.1) is 5.92 Å². The average Bonchev–Trinajstić information content (AvgIpc) is 2.80. The van der Waals surface area contributed by atoms with E-state index in [4.69, 9.17) is 0 Å². The molecule has 4 heteroatoms. The summed E-state index contributed by atoms with van der Waals surface area (Å²) in [5, 5.41) is 0. The Kier molecular flexibility index (Phi) is 3.27. The van der Waals surface area contributed by atoms with Crippen molar-refractivity contribution in [1.29, 1.82) is 0 Å². The van der Waals surface area contributed by atoms with Crippen LogP contribution in [0.4, 0.5) is 0 Å². The summed E-state index contributed by atoms with van der Waals surface area (Å²) in [5.41, 5.74) is 0. The van der Waals surface area contributed by atoms with Crippen molar-refractivity contribution in [3.05, 3.63) is 18.7 Å². The standard InChI is InChI=1S/C12H19N3O/c1-10-4-3-6-14(8-10)12(16)11(2)15-7-5-13-9-15/h5,7,9-11H,3-4,6,8H2,1-2H3. The molecule has 16 heavy (non-hydrogen) atoms. The zero-order chi connectivity index (χ0) is 11.5. The van der Waals surface area contributed by atoms with Crippen LogP contribution in [0.5, 0.6) is 0 Å². The second-order valence-electron chi connectivity index (χ2n) is 4.72. The molecule has 1 aliphatic rings. The quantitative estimate of drug-likeness (QED) is 0.762. The van der Waals surface area contributed by atoms with Gasteiger partial charge in [-0.1, -0.05) is 6.92 Å². The van der Waals surface area contributed by atoms with Gasteiger partial charge in [-0.15, -0.1) is 0 Å². The van der Waals surface area contributed by atoms with Crippen LogP contribution in [-0.2, 0) is 4.79 Å². The van der Waals surface area contributed by atoms with Gasteiger partial charge in [-0.05, 0) is 25.7 Å². The molecule has 88 valence electrons. The highest BCUT2D eigenvalue weighted by molar-refractivity contribution is 5.80. The predicted molar refractivity (Wildman–Crippen MR) is 61.9 cm³/mol. The van der Waals surface area contributed by atoms with Gasteiger partial charge in [0.25, 0.3) is 0 Å². The molecule has 1 saturated heterocycles. The van der Waals surface area contributed by atoms with Crippen LogP contribution < -0.4 is 0 Å². The Morgan fingerprint density at radius 3 is 3.00 bits per heavy atom. The van der Waals surface area contributed by atoms with E-state index in [0.29, 0.717) is 5.92 Å². The van der Waals surface area contributed by atoms with Crippen molar-refractivity contribution < 1.29 is 4.79 Å². The van der Waals surface area contributed by atoms with Gasteiger partial charge in [0, 0.05) is 25.5 Å². The second kappa shape index (κ2) is 4.68. The number of amides is 1. The zero-order valence-electron chi connectivity index (χ0n) is 9.97. The van der Waals surface area contributed by atoms with E-state index in [1.54, 1.807) is 12.5 Å². The number of aromatic nitrogens is 2. The lowest BCUT2D eigenvalue weighted by Crippen LogP contribution is -2.42. The van der Waals surface area contributed by atoms with Crippen LogP contribution in [0.15, 0.2) is 18.7 Å². The highest BCUT2D eigenvalue weighted by atomic mass is 16.2. The minimum absolute atomic E-state index is 0.132. The van der Waals surface area contributed by atoms with E-state index in [0.717, 1.165) is 19.5 Å². The number of carbonyl (C=O) groups excluding carboxylic acids is 1. The SMILES string of the molecule is CC1CCCN(C(=O)C(C)n2ccnc2)C1. The van der Waals surface area contributed by atoms with E-state index < -0.39 is 0 Å². The van der Waals surface area contributed by atoms with E-state index in [1.807, 2.05) is 22.6 Å². The average molecular weight is 221 g/mol. The van der Waals surface area contributed by atoms with Crippen molar-refractivity contribution in [2.45, 2.75) is 32.7 Å². The lowest BCUT2D eigenvalue weighted by molar-refractivity contribution is -0.136. The number of rotatable bonds is 2. The summed E-state index contributed by atoms with van der Waals surface area (Å²) in [6.07, 6.45) is 7.63. The Morgan fingerprint density at radius 2 is 2.38 bits per heavy atom. The lowest BCUT2D eigenvalue weighted by Gasteiger charge is -2.33. The molecule has 0 spiro atoms. The van der Waals surface area contributed by atoms with Crippen molar-refractivity contribution in [2.75, 3.05) is 13.1 Å². The predicted octanol–water partition coefficient (Wildman–Crippen LogP) is 1.70. The summed E-state index contributed by atoms with van der Waals surface area (Å²) in [4.78, 5) is 18.2. The van der Waals surface area contributed by atoms with Crippen molar-refractivity contribution in [1.82, 2.24) is 14.5 Å². The maximum Gasteiger partial charge on any atom is 0.245 e. The molecular weight excluding hydrogens is 202 g/mol. The number of piperidine rings is 1. The molecule has 0 N–H and O–H groups in total. The number of nitrogens with zero attached hydrogens (tertiary/aromatic N) is 3. The third-order valence-corrected chi connectivity index (χ3v) is 3.30. The molecule has 0 bridgehead atoms. The van der Waals surface area contributed by atoms with Crippen molar-refractivity contribution in [3.8, 4) is 0 Å². The molecule has 1 aromatic rings. The molecule has 0 aromatic carbocycles. The molecule has 1 aliphatic heterocycles. The Balaban J connectivity index is 2.01. The molecule has 2 unspecified atom stereocenters. The Hall–Kier alpha value is -1.32. The van der Waals surface area contributed by atoms with Gasteiger partial charge in [0.1, 0.15) is 6.04 Å². The van der Waals surface area contributed by atoms with Crippen LogP contribution in [0.25, 0.3) is 0 Å². The molecule has 0 radical (unpaired) electrons. The molecule has 0 aliphatic carbocycles. The molecule has 1 fully saturated rings. The first kappa shape index (κ1) is 11.2. The van der Waals surface area contributed by atoms with Gasteiger partial charge >= 0.3 is 0 Å². The van der Waals surface area contributed by atoms with Gasteiger partial charge in [-0.2, -0.15) is 0 Å². The van der Waals surface area contributed by atoms with Gasteiger partial charge < -0.3 is 9.47 Å². The maximum atomic E-state index is 12.2. The largest absolute Gasteiger partial charge is 0.341 e. The van der Waals surface area contributed by atoms with Gasteiger partial charge in [0.2, 0.25) is 5.91 Å². The second-order valence-corrected chi connectivity index (χ2v) is 4.72. The highest BCUT2D eigenvalue weighted by Gasteiger charge is 2.25. The maximum absolute atomic E-state index is 12.2. The van der Waals surface area contributed by atoms with Crippen LogP contribution in [-0.4, -0.2) is 33.4 Å². The van der Waals surface area contributed by atoms with E-state index in [1.165, 1.54) is 6.42 Å². The van der Waals surface area contributed by atoms with E-state index in [2.05, 4.69) is 11.9 Å². The summed E-state index contributed by atoms with van der Waals surface area (Å²) >= 11 is 0. The van der Waals surface area contributed by atoms with Gasteiger partial charge in [-0.25, -0.2) is 4.98 Å². The Morgan fingerprint density at radius 1 is 1.56 bits per heavy atom. The zero-order valence-corrected chi connectivity index (χ0v) is 9.97. The van der Waals surface area contributed by atoms with Gasteiger partial charge in [0.05, 0.1) is 6.33 Å². The molecule has 1 amide bonds. The number of carbonyl (C=O) groups is 1. The van der Waals surface area contributed by atoms with Gasteiger partial charge in [0.15, 0.2) is 0 Å². The van der Waals surface area contributed by atoms with Crippen molar-refractivity contribution in [3.63, 3.8) is 0 Å². The third-order valence-electron chi connectivity index (χ3n) is 3.30. The summed E-state index contributed by atoms with van der Waals surface area (Å²) in [5.74, 6) is 0.845. The Bertz CT molecular complexity index is 347. The third kappa shape index (κ3) is 2.26. The fourth-order valence-electron chi connectivity index (χ4n) is 2.28. The summed E-state index contributed by atoms with van der Waals surface area (Å²) in [6.45, 7) is 5.95. The molecule has 2 heterocycles. The van der Waals surface area contributed by atoms with Gasteiger partial charge in [-0.3, -0.25) is 4.79 Å². The number of hydrogen-bond acceptors (Lipinski definition) is 2. The smallest absolute Gasteiger partial charge is 0.245 e. The minimum Gasteiger partial charge on any atom is -0.341 e. The van der Waals surface area contributed by atoms with Crippen molar-refractivity contribution >= 4 is 5.91 Å². The van der Waals surface area contributed by atoms with E-state index >= 15 is 0 Å². The minimum atomic E-state index is -0.132. The van der Waals surface area contributed by atoms with E-state index in [9.17, 15) is 4.79 Å². The number of imidazole rings is 1. The molecule has 4 nitrogen and oxygen atoms in total.